The van der Waals surface area contributed by atoms with Crippen LogP contribution in [0.25, 0.3) is 11.0 Å². The summed E-state index contributed by atoms with van der Waals surface area (Å²) in [4.78, 5) is 8.23. The lowest BCUT2D eigenvalue weighted by molar-refractivity contribution is -0.0430. The molecule has 8 heteroatoms. The van der Waals surface area contributed by atoms with Crippen LogP contribution in [0.1, 0.15) is 18.2 Å². The van der Waals surface area contributed by atoms with E-state index in [9.17, 15) is 10.2 Å². The van der Waals surface area contributed by atoms with Crippen LogP contribution in [0.2, 0.25) is 0 Å². The fraction of sp³-hybridized carbons (Fsp3) is 0.429. The highest BCUT2D eigenvalue weighted by molar-refractivity contribution is 5.92. The van der Waals surface area contributed by atoms with Crippen LogP contribution in [0.15, 0.2) is 12.5 Å². The van der Waals surface area contributed by atoms with Crippen LogP contribution >= 0.6 is 0 Å². The Balaban J connectivity index is 2.09. The van der Waals surface area contributed by atoms with Crippen molar-refractivity contribution in [3.05, 3.63) is 18.1 Å². The number of rotatable bonds is 2. The Morgan fingerprint density at radius 1 is 1.45 bits per heavy atom. The summed E-state index contributed by atoms with van der Waals surface area (Å²) in [5.74, 6) is 6.05. The summed E-state index contributed by atoms with van der Waals surface area (Å²) < 4.78 is 7.42. The quantitative estimate of drug-likeness (QED) is 0.521. The second-order valence-corrected chi connectivity index (χ2v) is 5.03. The minimum atomic E-state index is -0.731. The smallest absolute Gasteiger partial charge is 0.148 e. The molecule has 0 aliphatic carbocycles. The predicted molar refractivity (Wildman–Crippen MR) is 79.5 cm³/mol. The molecule has 3 rings (SSSR count). The number of hydrogen-bond acceptors (Lipinski definition) is 7. The van der Waals surface area contributed by atoms with Crippen LogP contribution in [0, 0.1) is 11.8 Å². The van der Waals surface area contributed by atoms with E-state index in [4.69, 9.17) is 16.2 Å². The summed E-state index contributed by atoms with van der Waals surface area (Å²) >= 11 is 0. The Morgan fingerprint density at radius 2 is 2.27 bits per heavy atom. The van der Waals surface area contributed by atoms with Crippen molar-refractivity contribution in [2.75, 3.05) is 18.9 Å². The van der Waals surface area contributed by atoms with Gasteiger partial charge in [0.15, 0.2) is 0 Å². The monoisotopic (exact) mass is 303 g/mol. The van der Waals surface area contributed by atoms with Crippen molar-refractivity contribution in [3.8, 4) is 11.8 Å². The van der Waals surface area contributed by atoms with Crippen LogP contribution in [0.3, 0.4) is 0 Å². The SMILES string of the molecule is NCC#Cc1cn([C@H]2C[C@H](O)[C@@H](CO)O2)c2ncnc(N)c12. The first kappa shape index (κ1) is 14.7. The lowest BCUT2D eigenvalue weighted by Gasteiger charge is -2.14. The van der Waals surface area contributed by atoms with Gasteiger partial charge >= 0.3 is 0 Å². The highest BCUT2D eigenvalue weighted by Gasteiger charge is 2.35. The third kappa shape index (κ3) is 2.40. The molecule has 1 saturated heterocycles. The first-order valence-corrected chi connectivity index (χ1v) is 6.90. The van der Waals surface area contributed by atoms with Crippen LogP contribution < -0.4 is 11.5 Å². The van der Waals surface area contributed by atoms with Crippen molar-refractivity contribution in [1.82, 2.24) is 14.5 Å². The average molecular weight is 303 g/mol. The summed E-state index contributed by atoms with van der Waals surface area (Å²) in [5.41, 5.74) is 12.6. The lowest BCUT2D eigenvalue weighted by atomic mass is 10.2. The molecule has 2 aromatic rings. The van der Waals surface area contributed by atoms with Crippen molar-refractivity contribution in [2.24, 2.45) is 5.73 Å². The molecule has 0 unspecified atom stereocenters. The molecule has 1 aliphatic rings. The van der Waals surface area contributed by atoms with Gasteiger partial charge in [-0.3, -0.25) is 0 Å². The van der Waals surface area contributed by atoms with Gasteiger partial charge in [-0.15, -0.1) is 0 Å². The number of nitrogens with two attached hydrogens (primary N) is 2. The van der Waals surface area contributed by atoms with Crippen molar-refractivity contribution < 1.29 is 14.9 Å². The Hall–Kier alpha value is -2.18. The molecular weight excluding hydrogens is 286 g/mol. The number of aliphatic hydroxyl groups excluding tert-OH is 2. The number of ether oxygens (including phenoxy) is 1. The molecule has 8 nitrogen and oxygen atoms in total. The van der Waals surface area contributed by atoms with E-state index in [0.29, 0.717) is 28.8 Å². The summed E-state index contributed by atoms with van der Waals surface area (Å²) in [6.07, 6.45) is 1.68. The summed E-state index contributed by atoms with van der Waals surface area (Å²) in [7, 11) is 0. The fourth-order valence-corrected chi connectivity index (χ4v) is 2.62. The molecular formula is C14H17N5O3. The first-order chi connectivity index (χ1) is 10.7. The zero-order valence-electron chi connectivity index (χ0n) is 11.8. The molecule has 0 amide bonds. The largest absolute Gasteiger partial charge is 0.394 e. The molecule has 0 radical (unpaired) electrons. The molecule has 0 aromatic carbocycles. The average Bonchev–Trinajstić information content (AvgIpc) is 3.06. The number of anilines is 1. The van der Waals surface area contributed by atoms with Crippen molar-refractivity contribution in [1.29, 1.82) is 0 Å². The number of nitrogen functional groups attached to an aromatic ring is 1. The zero-order valence-corrected chi connectivity index (χ0v) is 11.8. The molecule has 1 fully saturated rings. The van der Waals surface area contributed by atoms with Gasteiger partial charge in [-0.25, -0.2) is 9.97 Å². The van der Waals surface area contributed by atoms with E-state index in [1.54, 1.807) is 10.8 Å². The molecule has 0 bridgehead atoms. The van der Waals surface area contributed by atoms with Gasteiger partial charge < -0.3 is 31.0 Å². The second kappa shape index (κ2) is 5.90. The van der Waals surface area contributed by atoms with Crippen LogP contribution in [-0.2, 0) is 4.74 Å². The van der Waals surface area contributed by atoms with Gasteiger partial charge in [0, 0.05) is 12.6 Å². The second-order valence-electron chi connectivity index (χ2n) is 5.03. The summed E-state index contributed by atoms with van der Waals surface area (Å²) in [6, 6.07) is 0. The number of nitrogens with zero attached hydrogens (tertiary/aromatic N) is 3. The van der Waals surface area contributed by atoms with E-state index in [0.717, 1.165) is 0 Å². The van der Waals surface area contributed by atoms with Crippen molar-refractivity contribution in [2.45, 2.75) is 24.9 Å². The molecule has 116 valence electrons. The van der Waals surface area contributed by atoms with E-state index < -0.39 is 18.4 Å². The van der Waals surface area contributed by atoms with E-state index >= 15 is 0 Å². The van der Waals surface area contributed by atoms with Crippen molar-refractivity contribution >= 4 is 16.9 Å². The molecule has 6 N–H and O–H groups in total. The summed E-state index contributed by atoms with van der Waals surface area (Å²) in [5, 5.41) is 19.7. The molecule has 3 heterocycles. The molecule has 1 aliphatic heterocycles. The Kier molecular flexibility index (Phi) is 3.96. The number of aromatic nitrogens is 3. The minimum absolute atomic E-state index is 0.228. The van der Waals surface area contributed by atoms with E-state index in [1.165, 1.54) is 6.33 Å². The van der Waals surface area contributed by atoms with Crippen molar-refractivity contribution in [3.63, 3.8) is 0 Å². The van der Waals surface area contributed by atoms with E-state index in [-0.39, 0.29) is 13.2 Å². The van der Waals surface area contributed by atoms with Crippen LogP contribution in [0.5, 0.6) is 0 Å². The maximum absolute atomic E-state index is 9.90. The number of fused-ring (bicyclic) bond motifs is 1. The van der Waals surface area contributed by atoms with E-state index in [2.05, 4.69) is 21.8 Å². The molecule has 22 heavy (non-hydrogen) atoms. The molecule has 3 atom stereocenters. The third-order valence-corrected chi connectivity index (χ3v) is 3.66. The minimum Gasteiger partial charge on any atom is -0.394 e. The van der Waals surface area contributed by atoms with Gasteiger partial charge in [0.25, 0.3) is 0 Å². The zero-order chi connectivity index (χ0) is 15.7. The van der Waals surface area contributed by atoms with Crippen LogP contribution in [-0.4, -0.2) is 50.1 Å². The van der Waals surface area contributed by atoms with E-state index in [1.807, 2.05) is 0 Å². The molecule has 0 spiro atoms. The highest BCUT2D eigenvalue weighted by atomic mass is 16.5. The predicted octanol–water partition coefficient (Wildman–Crippen LogP) is -1.04. The van der Waals surface area contributed by atoms with Gasteiger partial charge in [0.1, 0.15) is 30.1 Å². The standard InChI is InChI=1S/C14H17N5O3/c15-3-1-2-8-5-19(11-4-9(21)10(6-20)22-11)14-12(8)13(16)17-7-18-14/h5,7,9-11,20-21H,3-4,6,15H2,(H2,16,17,18)/t9-,10+,11+/m0/s1. The lowest BCUT2D eigenvalue weighted by Crippen LogP contribution is -2.24. The maximum Gasteiger partial charge on any atom is 0.148 e. The Morgan fingerprint density at radius 3 is 2.95 bits per heavy atom. The maximum atomic E-state index is 9.90. The van der Waals surface area contributed by atoms with Gasteiger partial charge in [-0.05, 0) is 0 Å². The topological polar surface area (TPSA) is 132 Å². The van der Waals surface area contributed by atoms with Gasteiger partial charge in [0.2, 0.25) is 0 Å². The van der Waals surface area contributed by atoms with Gasteiger partial charge in [-0.2, -0.15) is 0 Å². The Labute approximate surface area is 126 Å². The third-order valence-electron chi connectivity index (χ3n) is 3.66. The fourth-order valence-electron chi connectivity index (χ4n) is 2.62. The number of hydrogen-bond donors (Lipinski definition) is 4. The van der Waals surface area contributed by atoms with Gasteiger partial charge in [-0.1, -0.05) is 11.8 Å². The molecule has 2 aromatic heterocycles. The first-order valence-electron chi connectivity index (χ1n) is 6.90. The van der Waals surface area contributed by atoms with Crippen LogP contribution in [0.4, 0.5) is 5.82 Å². The highest BCUT2D eigenvalue weighted by Crippen LogP contribution is 2.33. The Bertz CT molecular complexity index is 748. The summed E-state index contributed by atoms with van der Waals surface area (Å²) in [6.45, 7) is -0.0146. The van der Waals surface area contributed by atoms with Gasteiger partial charge in [0.05, 0.1) is 30.2 Å². The molecule has 0 saturated carbocycles. The normalized spacial score (nSPS) is 24.4. The number of aliphatic hydroxyl groups is 2.